The van der Waals surface area contributed by atoms with E-state index in [-0.39, 0.29) is 12.5 Å². The van der Waals surface area contributed by atoms with Crippen LogP contribution in [0.4, 0.5) is 0 Å². The molecule has 0 amide bonds. The summed E-state index contributed by atoms with van der Waals surface area (Å²) in [4.78, 5) is 0. The average Bonchev–Trinajstić information content (AvgIpc) is 2.79. The highest BCUT2D eigenvalue weighted by Crippen LogP contribution is 2.45. The van der Waals surface area contributed by atoms with Crippen molar-refractivity contribution in [1.29, 1.82) is 0 Å². The molecule has 2 atom stereocenters. The van der Waals surface area contributed by atoms with Crippen LogP contribution in [-0.4, -0.2) is 18.8 Å². The molecule has 0 aliphatic heterocycles. The Labute approximate surface area is 178 Å². The molecule has 0 spiro atoms. The zero-order chi connectivity index (χ0) is 21.6. The van der Waals surface area contributed by atoms with Crippen molar-refractivity contribution in [2.45, 2.75) is 13.0 Å². The predicted molar refractivity (Wildman–Crippen MR) is 124 cm³/mol. The number of aliphatic hydroxyl groups excluding tert-OH is 1. The second-order valence-electron chi connectivity index (χ2n) is 7.26. The zero-order valence-corrected chi connectivity index (χ0v) is 18.3. The van der Waals surface area contributed by atoms with Gasteiger partial charge in [0.05, 0.1) is 19.8 Å². The standard InChI is InChI=1S/C25H28NO3P/c1-19(2)23(18-27)25(22-16-10-11-17-24(22)29-3)26-30(28,20-12-6-4-7-13-20)21-14-8-5-9-15-21/h4-17,23,25,27H,1,18H2,2-3H3,(H,26,28). The van der Waals surface area contributed by atoms with E-state index in [1.807, 2.05) is 91.9 Å². The molecular formula is C25H28NO3P. The summed E-state index contributed by atoms with van der Waals surface area (Å²) in [5.74, 6) is 0.324. The van der Waals surface area contributed by atoms with Gasteiger partial charge in [-0.1, -0.05) is 66.7 Å². The lowest BCUT2D eigenvalue weighted by Gasteiger charge is -2.33. The van der Waals surface area contributed by atoms with Gasteiger partial charge in [-0.2, -0.15) is 0 Å². The predicted octanol–water partition coefficient (Wildman–Crippen LogP) is 4.44. The second-order valence-corrected chi connectivity index (χ2v) is 9.77. The lowest BCUT2D eigenvalue weighted by molar-refractivity contribution is 0.220. The minimum Gasteiger partial charge on any atom is -0.496 e. The Balaban J connectivity index is 2.19. The first-order chi connectivity index (χ1) is 14.5. The molecule has 0 saturated heterocycles. The topological polar surface area (TPSA) is 58.6 Å². The van der Waals surface area contributed by atoms with Crippen LogP contribution in [0.2, 0.25) is 0 Å². The molecule has 3 aromatic carbocycles. The first kappa shape index (κ1) is 22.0. The fraction of sp³-hybridized carbons (Fsp3) is 0.200. The van der Waals surface area contributed by atoms with E-state index in [2.05, 4.69) is 11.7 Å². The smallest absolute Gasteiger partial charge is 0.205 e. The van der Waals surface area contributed by atoms with Gasteiger partial charge in [-0.05, 0) is 37.3 Å². The van der Waals surface area contributed by atoms with E-state index in [1.165, 1.54) is 0 Å². The highest BCUT2D eigenvalue weighted by atomic mass is 31.2. The maximum atomic E-state index is 14.6. The quantitative estimate of drug-likeness (QED) is 0.396. The molecule has 3 rings (SSSR count). The number of ether oxygens (including phenoxy) is 1. The average molecular weight is 421 g/mol. The summed E-state index contributed by atoms with van der Waals surface area (Å²) in [7, 11) is -1.63. The van der Waals surface area contributed by atoms with E-state index >= 15 is 0 Å². The van der Waals surface area contributed by atoms with Crippen LogP contribution >= 0.6 is 7.29 Å². The third-order valence-corrected chi connectivity index (χ3v) is 7.96. The summed E-state index contributed by atoms with van der Waals surface area (Å²) in [5, 5.41) is 15.0. The molecule has 0 bridgehead atoms. The fourth-order valence-electron chi connectivity index (χ4n) is 3.62. The Bertz CT molecular complexity index is 977. The first-order valence-electron chi connectivity index (χ1n) is 9.89. The Morgan fingerprint density at radius 3 is 1.93 bits per heavy atom. The van der Waals surface area contributed by atoms with Crippen molar-refractivity contribution in [3.63, 3.8) is 0 Å². The minimum atomic E-state index is -3.24. The van der Waals surface area contributed by atoms with Crippen LogP contribution in [0.1, 0.15) is 18.5 Å². The van der Waals surface area contributed by atoms with Crippen molar-refractivity contribution >= 4 is 17.9 Å². The summed E-state index contributed by atoms with van der Waals surface area (Å²) in [6.45, 7) is 5.82. The molecule has 0 fully saturated rings. The molecule has 3 aromatic rings. The van der Waals surface area contributed by atoms with Gasteiger partial charge in [0.1, 0.15) is 5.75 Å². The van der Waals surface area contributed by atoms with Gasteiger partial charge >= 0.3 is 0 Å². The molecule has 0 aliphatic carbocycles. The molecule has 2 N–H and O–H groups in total. The van der Waals surface area contributed by atoms with Crippen LogP contribution in [0.3, 0.4) is 0 Å². The lowest BCUT2D eigenvalue weighted by Crippen LogP contribution is -2.35. The van der Waals surface area contributed by atoms with Crippen LogP contribution in [0.25, 0.3) is 0 Å². The van der Waals surface area contributed by atoms with Gasteiger partial charge < -0.3 is 9.84 Å². The van der Waals surface area contributed by atoms with Crippen molar-refractivity contribution in [1.82, 2.24) is 5.09 Å². The summed E-state index contributed by atoms with van der Waals surface area (Å²) >= 11 is 0. The molecule has 0 aromatic heterocycles. The van der Waals surface area contributed by atoms with Gasteiger partial charge in [-0.3, -0.25) is 9.65 Å². The maximum absolute atomic E-state index is 14.6. The zero-order valence-electron chi connectivity index (χ0n) is 17.4. The Hall–Kier alpha value is -2.65. The number of aliphatic hydroxyl groups is 1. The number of hydrogen-bond donors (Lipinski definition) is 2. The van der Waals surface area contributed by atoms with E-state index in [1.54, 1.807) is 7.11 Å². The summed E-state index contributed by atoms with van der Waals surface area (Å²) in [5.41, 5.74) is 1.63. The van der Waals surface area contributed by atoms with Crippen LogP contribution in [0, 0.1) is 5.92 Å². The van der Waals surface area contributed by atoms with Gasteiger partial charge in [0.15, 0.2) is 0 Å². The molecule has 0 radical (unpaired) electrons. The molecule has 4 nitrogen and oxygen atoms in total. The highest BCUT2D eigenvalue weighted by Gasteiger charge is 2.35. The molecule has 0 saturated carbocycles. The van der Waals surface area contributed by atoms with Crippen molar-refractivity contribution in [3.05, 3.63) is 103 Å². The maximum Gasteiger partial charge on any atom is 0.205 e. The van der Waals surface area contributed by atoms with E-state index in [4.69, 9.17) is 4.74 Å². The first-order valence-corrected chi connectivity index (χ1v) is 11.6. The van der Waals surface area contributed by atoms with Gasteiger partial charge in [0.25, 0.3) is 0 Å². The summed E-state index contributed by atoms with van der Waals surface area (Å²) in [6.07, 6.45) is 0. The van der Waals surface area contributed by atoms with E-state index in [0.29, 0.717) is 16.4 Å². The molecule has 0 heterocycles. The highest BCUT2D eigenvalue weighted by molar-refractivity contribution is 7.76. The largest absolute Gasteiger partial charge is 0.496 e. The Kier molecular flexibility index (Phi) is 7.28. The monoisotopic (exact) mass is 421 g/mol. The van der Waals surface area contributed by atoms with Crippen LogP contribution in [-0.2, 0) is 4.57 Å². The number of rotatable bonds is 9. The van der Waals surface area contributed by atoms with E-state index < -0.39 is 13.3 Å². The Morgan fingerprint density at radius 1 is 0.967 bits per heavy atom. The minimum absolute atomic E-state index is 0.130. The van der Waals surface area contributed by atoms with Crippen LogP contribution < -0.4 is 20.4 Å². The molecule has 30 heavy (non-hydrogen) atoms. The number of methoxy groups -OCH3 is 1. The Morgan fingerprint density at radius 2 is 1.47 bits per heavy atom. The van der Waals surface area contributed by atoms with Crippen LogP contribution in [0.15, 0.2) is 97.1 Å². The molecule has 2 unspecified atom stereocenters. The normalized spacial score (nSPS) is 13.4. The molecule has 5 heteroatoms. The molecular weight excluding hydrogens is 393 g/mol. The SMILES string of the molecule is C=C(C)C(CO)C(NP(=O)(c1ccccc1)c1ccccc1)c1ccccc1OC. The third-order valence-electron chi connectivity index (χ3n) is 5.27. The van der Waals surface area contributed by atoms with Gasteiger partial charge in [-0.25, -0.2) is 0 Å². The number of para-hydroxylation sites is 1. The van der Waals surface area contributed by atoms with Gasteiger partial charge in [0, 0.05) is 22.1 Å². The third kappa shape index (κ3) is 4.57. The summed E-state index contributed by atoms with van der Waals surface area (Å²) < 4.78 is 20.2. The fourth-order valence-corrected chi connectivity index (χ4v) is 6.11. The van der Waals surface area contributed by atoms with Crippen molar-refractivity contribution < 1.29 is 14.4 Å². The number of hydrogen-bond acceptors (Lipinski definition) is 3. The van der Waals surface area contributed by atoms with E-state index in [9.17, 15) is 9.67 Å². The van der Waals surface area contributed by atoms with Crippen molar-refractivity contribution in [2.75, 3.05) is 13.7 Å². The van der Waals surface area contributed by atoms with Gasteiger partial charge in [-0.15, -0.1) is 0 Å². The van der Waals surface area contributed by atoms with Crippen molar-refractivity contribution in [2.24, 2.45) is 5.92 Å². The van der Waals surface area contributed by atoms with Crippen LogP contribution in [0.5, 0.6) is 5.75 Å². The second kappa shape index (κ2) is 9.90. The number of nitrogens with one attached hydrogen (secondary N) is 1. The lowest BCUT2D eigenvalue weighted by atomic mass is 9.89. The van der Waals surface area contributed by atoms with E-state index in [0.717, 1.165) is 11.1 Å². The van der Waals surface area contributed by atoms with Gasteiger partial charge in [0.2, 0.25) is 7.29 Å². The summed E-state index contributed by atoms with van der Waals surface area (Å²) in [6, 6.07) is 26.0. The molecule has 156 valence electrons. The molecule has 0 aliphatic rings. The number of benzene rings is 3. The van der Waals surface area contributed by atoms with Crippen molar-refractivity contribution in [3.8, 4) is 5.75 Å².